The van der Waals surface area contributed by atoms with Gasteiger partial charge in [-0.2, -0.15) is 0 Å². The highest BCUT2D eigenvalue weighted by molar-refractivity contribution is 5.94. The van der Waals surface area contributed by atoms with E-state index in [2.05, 4.69) is 59.3 Å². The highest BCUT2D eigenvalue weighted by Gasteiger charge is 2.09. The minimum atomic E-state index is 0.201. The smallest absolute Gasteiger partial charge is 0.133 e. The van der Waals surface area contributed by atoms with Crippen LogP contribution < -0.4 is 4.90 Å². The molecule has 0 aliphatic heterocycles. The van der Waals surface area contributed by atoms with Crippen molar-refractivity contribution in [1.82, 2.24) is 4.98 Å². The van der Waals surface area contributed by atoms with Crippen molar-refractivity contribution in [2.45, 2.75) is 13.5 Å². The maximum atomic E-state index is 9.33. The van der Waals surface area contributed by atoms with Crippen LogP contribution in [0.15, 0.2) is 60.8 Å². The third kappa shape index (κ3) is 2.82. The molecule has 0 amide bonds. The number of rotatable bonds is 4. The van der Waals surface area contributed by atoms with Gasteiger partial charge < -0.3 is 10.0 Å². The van der Waals surface area contributed by atoms with Crippen LogP contribution in [-0.4, -0.2) is 16.6 Å². The van der Waals surface area contributed by atoms with Gasteiger partial charge in [-0.25, -0.2) is 0 Å². The van der Waals surface area contributed by atoms with Crippen LogP contribution in [0.1, 0.15) is 12.6 Å². The van der Waals surface area contributed by atoms with Crippen LogP contribution in [0, 0.1) is 0 Å². The molecule has 0 unspecified atom stereocenters. The Balaban J connectivity index is 1.96. The lowest BCUT2D eigenvalue weighted by atomic mass is 10.1. The third-order valence-corrected chi connectivity index (χ3v) is 3.65. The van der Waals surface area contributed by atoms with Gasteiger partial charge in [0.1, 0.15) is 5.75 Å². The summed E-state index contributed by atoms with van der Waals surface area (Å²) in [5, 5.41) is 11.8. The number of pyridine rings is 1. The predicted octanol–water partition coefficient (Wildman–Crippen LogP) is 3.97. The largest absolute Gasteiger partial charge is 0.506 e. The predicted molar refractivity (Wildman–Crippen MR) is 86.6 cm³/mol. The van der Waals surface area contributed by atoms with Crippen molar-refractivity contribution in [2.24, 2.45) is 0 Å². The van der Waals surface area contributed by atoms with Gasteiger partial charge in [-0.05, 0) is 30.5 Å². The van der Waals surface area contributed by atoms with E-state index in [1.165, 1.54) is 22.7 Å². The first kappa shape index (κ1) is 13.4. The van der Waals surface area contributed by atoms with E-state index in [0.29, 0.717) is 0 Å². The Kier molecular flexibility index (Phi) is 3.73. The Morgan fingerprint density at radius 3 is 2.57 bits per heavy atom. The van der Waals surface area contributed by atoms with Crippen LogP contribution in [0.2, 0.25) is 0 Å². The lowest BCUT2D eigenvalue weighted by Gasteiger charge is -2.24. The molecule has 3 aromatic rings. The van der Waals surface area contributed by atoms with Crippen molar-refractivity contribution in [3.05, 3.63) is 66.5 Å². The average molecular weight is 278 g/mol. The van der Waals surface area contributed by atoms with E-state index in [1.807, 2.05) is 6.07 Å². The zero-order valence-electron chi connectivity index (χ0n) is 12.0. The Labute approximate surface area is 124 Å². The lowest BCUT2D eigenvalue weighted by Crippen LogP contribution is -2.22. The highest BCUT2D eigenvalue weighted by Crippen LogP contribution is 2.27. The first-order valence-electron chi connectivity index (χ1n) is 7.14. The summed E-state index contributed by atoms with van der Waals surface area (Å²) in [7, 11) is 0. The summed E-state index contributed by atoms with van der Waals surface area (Å²) in [6, 6.07) is 18.3. The number of aromatic hydroxyl groups is 1. The molecule has 0 spiro atoms. The van der Waals surface area contributed by atoms with Crippen molar-refractivity contribution < 1.29 is 5.11 Å². The second kappa shape index (κ2) is 5.83. The maximum Gasteiger partial charge on any atom is 0.133 e. The number of benzene rings is 2. The number of hydrogen-bond acceptors (Lipinski definition) is 3. The van der Waals surface area contributed by atoms with E-state index in [0.717, 1.165) is 18.8 Å². The molecule has 3 nitrogen and oxygen atoms in total. The first-order chi connectivity index (χ1) is 10.3. The molecular formula is C18H18N2O. The molecule has 3 heteroatoms. The minimum absolute atomic E-state index is 0.201. The summed E-state index contributed by atoms with van der Waals surface area (Å²) in [5.74, 6) is 0.201. The average Bonchev–Trinajstić information content (AvgIpc) is 2.54. The summed E-state index contributed by atoms with van der Waals surface area (Å²) in [4.78, 5) is 6.57. The van der Waals surface area contributed by atoms with Crippen molar-refractivity contribution in [3.8, 4) is 5.75 Å². The molecule has 0 aliphatic carbocycles. The highest BCUT2D eigenvalue weighted by atomic mass is 16.3. The third-order valence-electron chi connectivity index (χ3n) is 3.65. The van der Waals surface area contributed by atoms with Crippen molar-refractivity contribution in [1.29, 1.82) is 0 Å². The van der Waals surface area contributed by atoms with E-state index in [4.69, 9.17) is 0 Å². The zero-order valence-corrected chi connectivity index (χ0v) is 12.0. The molecular weight excluding hydrogens is 260 g/mol. The van der Waals surface area contributed by atoms with E-state index in [-0.39, 0.29) is 5.75 Å². The number of fused-ring (bicyclic) bond motifs is 1. The Morgan fingerprint density at radius 1 is 1.00 bits per heavy atom. The van der Waals surface area contributed by atoms with Crippen LogP contribution in [-0.2, 0) is 6.54 Å². The van der Waals surface area contributed by atoms with Crippen LogP contribution >= 0.6 is 0 Å². The summed E-state index contributed by atoms with van der Waals surface area (Å²) >= 11 is 0. The molecule has 0 saturated heterocycles. The van der Waals surface area contributed by atoms with Gasteiger partial charge >= 0.3 is 0 Å². The van der Waals surface area contributed by atoms with E-state index in [9.17, 15) is 5.11 Å². The molecule has 1 heterocycles. The Bertz CT molecular complexity index is 732. The zero-order chi connectivity index (χ0) is 14.7. The molecule has 0 fully saturated rings. The molecule has 1 aromatic heterocycles. The fourth-order valence-corrected chi connectivity index (χ4v) is 2.56. The number of anilines is 1. The minimum Gasteiger partial charge on any atom is -0.506 e. The van der Waals surface area contributed by atoms with Crippen LogP contribution in [0.4, 0.5) is 5.69 Å². The maximum absolute atomic E-state index is 9.33. The number of aromatic nitrogens is 1. The molecule has 3 rings (SSSR count). The van der Waals surface area contributed by atoms with Gasteiger partial charge in [0.2, 0.25) is 0 Å². The molecule has 0 bridgehead atoms. The van der Waals surface area contributed by atoms with E-state index < -0.39 is 0 Å². The Hall–Kier alpha value is -2.55. The molecule has 106 valence electrons. The van der Waals surface area contributed by atoms with E-state index >= 15 is 0 Å². The van der Waals surface area contributed by atoms with Gasteiger partial charge in [-0.1, -0.05) is 36.4 Å². The quantitative estimate of drug-likeness (QED) is 0.784. The summed E-state index contributed by atoms with van der Waals surface area (Å²) < 4.78 is 0. The van der Waals surface area contributed by atoms with Gasteiger partial charge in [-0.3, -0.25) is 4.98 Å². The summed E-state index contributed by atoms with van der Waals surface area (Å²) in [6.45, 7) is 3.77. The Morgan fingerprint density at radius 2 is 1.81 bits per heavy atom. The van der Waals surface area contributed by atoms with Crippen molar-refractivity contribution in [3.63, 3.8) is 0 Å². The molecule has 0 radical (unpaired) electrons. The van der Waals surface area contributed by atoms with Crippen molar-refractivity contribution >= 4 is 16.5 Å². The standard InChI is InChI=1S/C18H18N2O/c1-2-20(13-15-10-11-16(21)12-19-15)18-9-5-7-14-6-3-4-8-17(14)18/h3-12,21H,2,13H2,1H3. The SMILES string of the molecule is CCN(Cc1ccc(O)cn1)c1cccc2ccccc12. The summed E-state index contributed by atoms with van der Waals surface area (Å²) in [6.07, 6.45) is 1.49. The summed E-state index contributed by atoms with van der Waals surface area (Å²) in [5.41, 5.74) is 2.16. The first-order valence-corrected chi connectivity index (χ1v) is 7.14. The molecule has 0 saturated carbocycles. The number of hydrogen-bond donors (Lipinski definition) is 1. The van der Waals surface area contributed by atoms with Gasteiger partial charge in [-0.15, -0.1) is 0 Å². The van der Waals surface area contributed by atoms with Gasteiger partial charge in [0.25, 0.3) is 0 Å². The second-order valence-electron chi connectivity index (χ2n) is 5.02. The van der Waals surface area contributed by atoms with Gasteiger partial charge in [0, 0.05) is 17.6 Å². The van der Waals surface area contributed by atoms with Crippen molar-refractivity contribution in [2.75, 3.05) is 11.4 Å². The molecule has 0 atom stereocenters. The normalized spacial score (nSPS) is 10.7. The number of nitrogens with zero attached hydrogens (tertiary/aromatic N) is 2. The fraction of sp³-hybridized carbons (Fsp3) is 0.167. The molecule has 1 N–H and O–H groups in total. The van der Waals surface area contributed by atoms with Crippen LogP contribution in [0.3, 0.4) is 0 Å². The van der Waals surface area contributed by atoms with Gasteiger partial charge in [0.05, 0.1) is 18.4 Å². The lowest BCUT2D eigenvalue weighted by molar-refractivity contribution is 0.472. The molecule has 2 aromatic carbocycles. The van der Waals surface area contributed by atoms with Crippen LogP contribution in [0.5, 0.6) is 5.75 Å². The fourth-order valence-electron chi connectivity index (χ4n) is 2.56. The van der Waals surface area contributed by atoms with E-state index in [1.54, 1.807) is 6.07 Å². The van der Waals surface area contributed by atoms with Gasteiger partial charge in [0.15, 0.2) is 0 Å². The molecule has 21 heavy (non-hydrogen) atoms. The monoisotopic (exact) mass is 278 g/mol. The second-order valence-corrected chi connectivity index (χ2v) is 5.02. The van der Waals surface area contributed by atoms with Crippen LogP contribution in [0.25, 0.3) is 10.8 Å². The molecule has 0 aliphatic rings. The topological polar surface area (TPSA) is 36.4 Å².